The number of carbonyl (C=O) groups is 1. The zero-order valence-corrected chi connectivity index (χ0v) is 10.9. The van der Waals surface area contributed by atoms with Gasteiger partial charge in [0.15, 0.2) is 0 Å². The Kier molecular flexibility index (Phi) is 3.34. The summed E-state index contributed by atoms with van der Waals surface area (Å²) in [6.45, 7) is 0.153. The largest absolute Gasteiger partial charge is 0.345 e. The minimum atomic E-state index is -0.400. The molecule has 0 saturated carbocycles. The molecule has 21 heavy (non-hydrogen) atoms. The lowest BCUT2D eigenvalue weighted by molar-refractivity contribution is 0.0950. The van der Waals surface area contributed by atoms with E-state index in [2.05, 4.69) is 30.7 Å². The SMILES string of the molecule is O=C(NCc1n[nH]c(=O)[nH]1)c1ccc(-c2ccn[nH]2)cc1. The molecule has 3 rings (SSSR count). The number of hydrogen-bond donors (Lipinski definition) is 4. The zero-order chi connectivity index (χ0) is 14.7. The van der Waals surface area contributed by atoms with E-state index in [9.17, 15) is 9.59 Å². The molecule has 1 amide bonds. The lowest BCUT2D eigenvalue weighted by Crippen LogP contribution is -2.23. The molecule has 0 aliphatic rings. The van der Waals surface area contributed by atoms with E-state index in [0.29, 0.717) is 11.4 Å². The first-order chi connectivity index (χ1) is 10.2. The Morgan fingerprint density at radius 3 is 2.57 bits per heavy atom. The first-order valence-corrected chi connectivity index (χ1v) is 6.24. The van der Waals surface area contributed by atoms with Crippen molar-refractivity contribution in [2.45, 2.75) is 6.54 Å². The van der Waals surface area contributed by atoms with Crippen LogP contribution in [0.25, 0.3) is 11.3 Å². The number of nitrogens with zero attached hydrogens (tertiary/aromatic N) is 2. The van der Waals surface area contributed by atoms with Crippen LogP contribution in [0.5, 0.6) is 0 Å². The number of rotatable bonds is 4. The van der Waals surface area contributed by atoms with Gasteiger partial charge in [0.05, 0.1) is 12.2 Å². The van der Waals surface area contributed by atoms with Crippen molar-refractivity contribution >= 4 is 5.91 Å². The number of nitrogens with one attached hydrogen (secondary N) is 4. The number of aromatic amines is 3. The normalized spacial score (nSPS) is 10.5. The van der Waals surface area contributed by atoms with Gasteiger partial charge in [-0.3, -0.25) is 14.9 Å². The van der Waals surface area contributed by atoms with Crippen LogP contribution in [0, 0.1) is 0 Å². The zero-order valence-electron chi connectivity index (χ0n) is 10.9. The van der Waals surface area contributed by atoms with E-state index in [4.69, 9.17) is 0 Å². The molecule has 2 heterocycles. The van der Waals surface area contributed by atoms with Crippen molar-refractivity contribution in [2.24, 2.45) is 0 Å². The smallest absolute Gasteiger partial charge is 0.340 e. The van der Waals surface area contributed by atoms with Gasteiger partial charge < -0.3 is 5.32 Å². The molecule has 1 aromatic carbocycles. The highest BCUT2D eigenvalue weighted by atomic mass is 16.2. The quantitative estimate of drug-likeness (QED) is 0.555. The highest BCUT2D eigenvalue weighted by Gasteiger charge is 2.07. The van der Waals surface area contributed by atoms with Crippen molar-refractivity contribution in [2.75, 3.05) is 0 Å². The highest BCUT2D eigenvalue weighted by Crippen LogP contribution is 2.16. The number of amides is 1. The second-order valence-corrected chi connectivity index (χ2v) is 4.35. The molecule has 4 N–H and O–H groups in total. The standard InChI is InChI=1S/C13H12N6O2/c20-12(14-7-11-16-13(21)19-18-11)9-3-1-8(2-4-9)10-5-6-15-17-10/h1-6H,7H2,(H,14,20)(H,15,17)(H2,16,18,19,21). The Labute approximate surface area is 118 Å². The molecule has 2 aromatic heterocycles. The third-order valence-electron chi connectivity index (χ3n) is 2.93. The van der Waals surface area contributed by atoms with Gasteiger partial charge in [-0.1, -0.05) is 12.1 Å². The molecule has 0 aliphatic heterocycles. The Morgan fingerprint density at radius 1 is 1.14 bits per heavy atom. The summed E-state index contributed by atoms with van der Waals surface area (Å²) < 4.78 is 0. The van der Waals surface area contributed by atoms with E-state index >= 15 is 0 Å². The highest BCUT2D eigenvalue weighted by molar-refractivity contribution is 5.94. The van der Waals surface area contributed by atoms with E-state index < -0.39 is 5.69 Å². The number of benzene rings is 1. The monoisotopic (exact) mass is 284 g/mol. The molecule has 0 aliphatic carbocycles. The third kappa shape index (κ3) is 2.89. The minimum absolute atomic E-state index is 0.153. The van der Waals surface area contributed by atoms with Gasteiger partial charge in [-0.2, -0.15) is 10.2 Å². The molecule has 0 unspecified atom stereocenters. The summed E-state index contributed by atoms with van der Waals surface area (Å²) in [5.41, 5.74) is 1.95. The third-order valence-corrected chi connectivity index (χ3v) is 2.93. The summed E-state index contributed by atoms with van der Waals surface area (Å²) in [5, 5.41) is 15.3. The maximum Gasteiger partial charge on any atom is 0.340 e. The maximum absolute atomic E-state index is 12.0. The van der Waals surface area contributed by atoms with E-state index in [1.54, 1.807) is 18.3 Å². The lowest BCUT2D eigenvalue weighted by atomic mass is 10.1. The Bertz CT molecular complexity index is 785. The van der Waals surface area contributed by atoms with Crippen molar-refractivity contribution in [1.29, 1.82) is 0 Å². The summed E-state index contributed by atoms with van der Waals surface area (Å²) in [6.07, 6.45) is 1.67. The van der Waals surface area contributed by atoms with Crippen LogP contribution in [-0.4, -0.2) is 31.3 Å². The first kappa shape index (κ1) is 12.9. The van der Waals surface area contributed by atoms with E-state index in [0.717, 1.165) is 11.3 Å². The van der Waals surface area contributed by atoms with Crippen LogP contribution < -0.4 is 11.0 Å². The van der Waals surface area contributed by atoms with Crippen molar-refractivity contribution in [3.63, 3.8) is 0 Å². The molecule has 0 atom stereocenters. The molecule has 0 saturated heterocycles. The number of carbonyl (C=O) groups excluding carboxylic acids is 1. The Hall–Kier alpha value is -3.16. The fraction of sp³-hybridized carbons (Fsp3) is 0.0769. The molecule has 0 bridgehead atoms. The summed E-state index contributed by atoms with van der Waals surface area (Å²) in [7, 11) is 0. The molecule has 106 valence electrons. The fourth-order valence-corrected chi connectivity index (χ4v) is 1.87. The van der Waals surface area contributed by atoms with Crippen molar-refractivity contribution < 1.29 is 4.79 Å². The average molecular weight is 284 g/mol. The summed E-state index contributed by atoms with van der Waals surface area (Å²) in [5.74, 6) is 0.137. The van der Waals surface area contributed by atoms with Crippen LogP contribution in [0.3, 0.4) is 0 Å². The second-order valence-electron chi connectivity index (χ2n) is 4.35. The Balaban J connectivity index is 1.66. The minimum Gasteiger partial charge on any atom is -0.345 e. The van der Waals surface area contributed by atoms with Gasteiger partial charge >= 0.3 is 5.69 Å². The van der Waals surface area contributed by atoms with E-state index in [1.165, 1.54) is 0 Å². The van der Waals surface area contributed by atoms with Gasteiger partial charge in [-0.05, 0) is 23.8 Å². The van der Waals surface area contributed by atoms with Gasteiger partial charge in [0.2, 0.25) is 0 Å². The fourth-order valence-electron chi connectivity index (χ4n) is 1.87. The Morgan fingerprint density at radius 2 is 1.95 bits per heavy atom. The molecule has 8 heteroatoms. The van der Waals surface area contributed by atoms with Crippen LogP contribution >= 0.6 is 0 Å². The van der Waals surface area contributed by atoms with Gasteiger partial charge in [0, 0.05) is 11.8 Å². The average Bonchev–Trinajstić information content (AvgIpc) is 3.16. The molecule has 0 radical (unpaired) electrons. The maximum atomic E-state index is 12.0. The summed E-state index contributed by atoms with van der Waals surface area (Å²) in [4.78, 5) is 25.3. The predicted molar refractivity (Wildman–Crippen MR) is 74.4 cm³/mol. The van der Waals surface area contributed by atoms with Crippen LogP contribution in [-0.2, 0) is 6.54 Å². The van der Waals surface area contributed by atoms with Crippen LogP contribution in [0.1, 0.15) is 16.2 Å². The van der Waals surface area contributed by atoms with Gasteiger partial charge in [0.25, 0.3) is 5.91 Å². The molecule has 8 nitrogen and oxygen atoms in total. The van der Waals surface area contributed by atoms with E-state index in [-0.39, 0.29) is 12.5 Å². The van der Waals surface area contributed by atoms with Crippen LogP contribution in [0.15, 0.2) is 41.3 Å². The number of H-pyrrole nitrogens is 3. The molecular weight excluding hydrogens is 272 g/mol. The summed E-state index contributed by atoms with van der Waals surface area (Å²) >= 11 is 0. The van der Waals surface area contributed by atoms with Crippen molar-refractivity contribution in [1.82, 2.24) is 30.7 Å². The lowest BCUT2D eigenvalue weighted by Gasteiger charge is -2.04. The molecule has 0 fully saturated rings. The first-order valence-electron chi connectivity index (χ1n) is 6.24. The summed E-state index contributed by atoms with van der Waals surface area (Å²) in [6, 6.07) is 8.96. The van der Waals surface area contributed by atoms with Gasteiger partial charge in [0.1, 0.15) is 5.82 Å². The topological polar surface area (TPSA) is 119 Å². The van der Waals surface area contributed by atoms with Crippen molar-refractivity contribution in [3.05, 3.63) is 58.4 Å². The molecule has 3 aromatic rings. The van der Waals surface area contributed by atoms with Crippen molar-refractivity contribution in [3.8, 4) is 11.3 Å². The van der Waals surface area contributed by atoms with Crippen LogP contribution in [0.4, 0.5) is 0 Å². The predicted octanol–water partition coefficient (Wildman–Crippen LogP) is 0.418. The van der Waals surface area contributed by atoms with Gasteiger partial charge in [-0.25, -0.2) is 9.89 Å². The number of hydrogen-bond acceptors (Lipinski definition) is 4. The molecular formula is C13H12N6O2. The van der Waals surface area contributed by atoms with E-state index in [1.807, 2.05) is 18.2 Å². The molecule has 0 spiro atoms. The van der Waals surface area contributed by atoms with Crippen LogP contribution in [0.2, 0.25) is 0 Å². The number of aromatic nitrogens is 5. The second kappa shape index (κ2) is 5.45. The van der Waals surface area contributed by atoms with Gasteiger partial charge in [-0.15, -0.1) is 0 Å².